The zero-order valence-corrected chi connectivity index (χ0v) is 30.7. The average molecular weight is 691 g/mol. The van der Waals surface area contributed by atoms with Crippen LogP contribution in [0.1, 0.15) is 126 Å². The minimum atomic E-state index is -0.638. The molecule has 2 atom stereocenters. The Morgan fingerprint density at radius 1 is 0.809 bits per heavy atom. The molecule has 0 spiro atoms. The fourth-order valence-corrected chi connectivity index (χ4v) is 7.13. The van der Waals surface area contributed by atoms with Gasteiger partial charge < -0.3 is 26.6 Å². The number of hydrogen-bond acceptors (Lipinski definition) is 6. The van der Waals surface area contributed by atoms with Crippen LogP contribution >= 0.6 is 11.8 Å². The lowest BCUT2D eigenvalue weighted by molar-refractivity contribution is -0.701. The summed E-state index contributed by atoms with van der Waals surface area (Å²) in [5.41, 5.74) is 1.18. The minimum Gasteiger partial charge on any atom is -1.00 e. The largest absolute Gasteiger partial charge is 1.00 e. The molecule has 2 amide bonds. The number of rotatable bonds is 24. The predicted molar refractivity (Wildman–Crippen MR) is 187 cm³/mol. The van der Waals surface area contributed by atoms with Gasteiger partial charge in [-0.2, -0.15) is 0 Å². The molecule has 0 N–H and O–H groups in total. The first-order valence-corrected chi connectivity index (χ1v) is 18.8. The van der Waals surface area contributed by atoms with E-state index in [0.29, 0.717) is 16.6 Å². The van der Waals surface area contributed by atoms with Gasteiger partial charge >= 0.3 is 6.09 Å². The van der Waals surface area contributed by atoms with Gasteiger partial charge in [-0.15, -0.1) is 11.8 Å². The van der Waals surface area contributed by atoms with Crippen molar-refractivity contribution in [2.45, 2.75) is 134 Å². The number of carbonyl (C=O) groups is 2. The van der Waals surface area contributed by atoms with E-state index >= 15 is 0 Å². The van der Waals surface area contributed by atoms with Crippen molar-refractivity contribution in [2.75, 3.05) is 26.9 Å². The number of amides is 2. The first-order valence-electron chi connectivity index (χ1n) is 17.9. The number of unbranched alkanes of at least 4 members (excludes halogenated alkanes) is 13. The van der Waals surface area contributed by atoms with E-state index in [1.165, 1.54) is 95.5 Å². The van der Waals surface area contributed by atoms with Crippen LogP contribution in [0.4, 0.5) is 4.79 Å². The molecule has 264 valence electrons. The van der Waals surface area contributed by atoms with E-state index in [9.17, 15) is 9.59 Å². The van der Waals surface area contributed by atoms with E-state index in [1.54, 1.807) is 36.0 Å². The number of carbonyl (C=O) groups excluding carboxylic acids is 2. The van der Waals surface area contributed by atoms with Crippen molar-refractivity contribution in [2.24, 2.45) is 0 Å². The lowest BCUT2D eigenvalue weighted by Crippen LogP contribution is -3.00. The molecule has 1 fully saturated rings. The molecule has 3 rings (SSSR count). The maximum Gasteiger partial charge on any atom is 0.417 e. The Hall–Kier alpha value is -2.29. The molecule has 0 radical (unpaired) electrons. The van der Waals surface area contributed by atoms with E-state index in [2.05, 4.69) is 6.92 Å². The molecule has 0 bridgehead atoms. The molecule has 1 aromatic carbocycles. The molecule has 1 aliphatic rings. The van der Waals surface area contributed by atoms with Crippen LogP contribution in [0.15, 0.2) is 48.7 Å². The van der Waals surface area contributed by atoms with E-state index < -0.39 is 12.0 Å². The molecule has 47 heavy (non-hydrogen) atoms. The second kappa shape index (κ2) is 24.8. The second-order valence-corrected chi connectivity index (χ2v) is 14.0. The lowest BCUT2D eigenvalue weighted by Gasteiger charge is -2.34. The quantitative estimate of drug-likeness (QED) is 0.0972. The molecule has 7 nitrogen and oxygen atoms in total. The SMILES string of the molecule is CCCCCCCCCCCCCCCCOC[C@@H]1C[C@@H](COC(=O)N(Cc2cccc[n+]2CC)C(=O)c2ccccc2OC)S1.[Cl-]. The summed E-state index contributed by atoms with van der Waals surface area (Å²) in [4.78, 5) is 28.1. The Balaban J connectivity index is 0.00000768. The lowest BCUT2D eigenvalue weighted by atomic mass is 10.0. The van der Waals surface area contributed by atoms with Crippen LogP contribution in [-0.4, -0.2) is 54.3 Å². The van der Waals surface area contributed by atoms with Crippen molar-refractivity contribution < 1.29 is 40.8 Å². The van der Waals surface area contributed by atoms with E-state index in [1.807, 2.05) is 35.9 Å². The molecule has 2 heterocycles. The van der Waals surface area contributed by atoms with Gasteiger partial charge in [0.25, 0.3) is 5.91 Å². The summed E-state index contributed by atoms with van der Waals surface area (Å²) in [6.07, 6.45) is 21.3. The minimum absolute atomic E-state index is 0. The van der Waals surface area contributed by atoms with Crippen LogP contribution in [0.5, 0.6) is 5.75 Å². The van der Waals surface area contributed by atoms with Crippen LogP contribution in [0.3, 0.4) is 0 Å². The first-order chi connectivity index (χ1) is 22.6. The highest BCUT2D eigenvalue weighted by atomic mass is 35.5. The van der Waals surface area contributed by atoms with Gasteiger partial charge in [-0.1, -0.05) is 109 Å². The zero-order valence-electron chi connectivity index (χ0n) is 29.1. The number of pyridine rings is 1. The molecule has 2 aromatic rings. The summed E-state index contributed by atoms with van der Waals surface area (Å²) in [6, 6.07) is 12.7. The number of aryl methyl sites for hydroxylation is 1. The molecule has 1 aliphatic heterocycles. The number of imide groups is 1. The van der Waals surface area contributed by atoms with Crippen LogP contribution in [0, 0.1) is 0 Å². The van der Waals surface area contributed by atoms with Gasteiger partial charge in [0, 0.05) is 29.2 Å². The third kappa shape index (κ3) is 15.2. The van der Waals surface area contributed by atoms with Crippen LogP contribution < -0.4 is 21.7 Å². The van der Waals surface area contributed by atoms with Crippen molar-refractivity contribution in [3.8, 4) is 5.75 Å². The van der Waals surface area contributed by atoms with Gasteiger partial charge in [0.15, 0.2) is 6.20 Å². The Bertz CT molecular complexity index is 1150. The molecule has 1 aromatic heterocycles. The van der Waals surface area contributed by atoms with Gasteiger partial charge in [-0.05, 0) is 31.9 Å². The van der Waals surface area contributed by atoms with E-state index in [-0.39, 0.29) is 30.8 Å². The van der Waals surface area contributed by atoms with Crippen molar-refractivity contribution in [1.82, 2.24) is 4.90 Å². The normalized spacial score (nSPS) is 15.4. The fourth-order valence-electron chi connectivity index (χ4n) is 5.94. The maximum atomic E-state index is 13.6. The topological polar surface area (TPSA) is 69.0 Å². The second-order valence-electron chi connectivity index (χ2n) is 12.4. The van der Waals surface area contributed by atoms with Crippen molar-refractivity contribution in [3.63, 3.8) is 0 Å². The third-order valence-corrected chi connectivity index (χ3v) is 10.2. The summed E-state index contributed by atoms with van der Waals surface area (Å²) in [6.45, 7) is 6.99. The van der Waals surface area contributed by atoms with Gasteiger partial charge in [-0.25, -0.2) is 14.3 Å². The van der Waals surface area contributed by atoms with E-state index in [4.69, 9.17) is 14.2 Å². The number of benzene rings is 1. The van der Waals surface area contributed by atoms with Gasteiger partial charge in [0.2, 0.25) is 5.69 Å². The van der Waals surface area contributed by atoms with Crippen molar-refractivity contribution in [3.05, 3.63) is 59.9 Å². The highest BCUT2D eigenvalue weighted by molar-refractivity contribution is 8.01. The summed E-state index contributed by atoms with van der Waals surface area (Å²) >= 11 is 1.81. The number of para-hydroxylation sites is 1. The zero-order chi connectivity index (χ0) is 32.8. The Labute approximate surface area is 294 Å². The van der Waals surface area contributed by atoms with Crippen molar-refractivity contribution >= 4 is 23.8 Å². The van der Waals surface area contributed by atoms with Crippen LogP contribution in [0.25, 0.3) is 0 Å². The highest BCUT2D eigenvalue weighted by Crippen LogP contribution is 2.37. The summed E-state index contributed by atoms with van der Waals surface area (Å²) < 4.78 is 19.1. The molecule has 0 unspecified atom stereocenters. The number of halogens is 1. The third-order valence-electron chi connectivity index (χ3n) is 8.75. The van der Waals surface area contributed by atoms with Gasteiger partial charge in [0.1, 0.15) is 25.4 Å². The number of thioether (sulfide) groups is 1. The van der Waals surface area contributed by atoms with Crippen LogP contribution in [0.2, 0.25) is 0 Å². The molecule has 1 saturated heterocycles. The predicted octanol–water partition coefficient (Wildman–Crippen LogP) is 6.16. The highest BCUT2D eigenvalue weighted by Gasteiger charge is 2.34. The number of aromatic nitrogens is 1. The van der Waals surface area contributed by atoms with Crippen molar-refractivity contribution in [1.29, 1.82) is 0 Å². The number of nitrogens with zero attached hydrogens (tertiary/aromatic N) is 2. The number of methoxy groups -OCH3 is 1. The molecular weight excluding hydrogens is 632 g/mol. The Morgan fingerprint density at radius 2 is 1.38 bits per heavy atom. The van der Waals surface area contributed by atoms with E-state index in [0.717, 1.165) is 38.3 Å². The summed E-state index contributed by atoms with van der Waals surface area (Å²) in [5.74, 6) is -0.0156. The first kappa shape index (κ1) is 40.9. The molecular formula is C38H59ClN2O5S. The monoisotopic (exact) mass is 690 g/mol. The summed E-state index contributed by atoms with van der Waals surface area (Å²) in [5, 5.41) is 0.661. The summed E-state index contributed by atoms with van der Waals surface area (Å²) in [7, 11) is 1.52. The number of ether oxygens (including phenoxy) is 3. The maximum absolute atomic E-state index is 13.6. The van der Waals surface area contributed by atoms with Gasteiger partial charge in [0.05, 0.1) is 19.3 Å². The average Bonchev–Trinajstić information content (AvgIpc) is 3.07. The molecule has 0 saturated carbocycles. The van der Waals surface area contributed by atoms with Crippen LogP contribution in [-0.2, 0) is 22.6 Å². The molecule has 0 aliphatic carbocycles. The Morgan fingerprint density at radius 3 is 2.00 bits per heavy atom. The standard InChI is InChI=1S/C38H59N2O5S.ClH/c1-4-6-7-8-9-10-11-12-13-14-15-16-17-22-27-44-30-33-28-34(46-33)31-45-38(42)40(29-32-23-20-21-26-39(32)5-2)37(41)35-24-18-19-25-36(35)43-3;/h18-21,23-26,33-34H,4-17,22,27-31H2,1-3H3;1H/q+1;/p-1/t33-,34-;/m0./s1. The fraction of sp³-hybridized carbons (Fsp3) is 0.658. The number of hydrogen-bond donors (Lipinski definition) is 0. The Kier molecular flexibility index (Phi) is 21.6. The van der Waals surface area contributed by atoms with Gasteiger partial charge in [-0.3, -0.25) is 4.79 Å². The molecule has 9 heteroatoms. The smallest absolute Gasteiger partial charge is 0.417 e.